The first-order valence-corrected chi connectivity index (χ1v) is 11.2. The van der Waals surface area contributed by atoms with Gasteiger partial charge in [0, 0.05) is 23.7 Å². The molecule has 0 radical (unpaired) electrons. The highest BCUT2D eigenvalue weighted by Crippen LogP contribution is 2.40. The molecule has 2 aliphatic rings. The summed E-state index contributed by atoms with van der Waals surface area (Å²) in [6, 6.07) is 19.0. The lowest BCUT2D eigenvalue weighted by Crippen LogP contribution is -2.50. The first kappa shape index (κ1) is 22.1. The Bertz CT molecular complexity index is 945. The lowest BCUT2D eigenvalue weighted by molar-refractivity contribution is -0.788. The summed E-state index contributed by atoms with van der Waals surface area (Å²) in [5.74, 6) is -1.52. The van der Waals surface area contributed by atoms with Gasteiger partial charge in [-0.15, -0.1) is 6.58 Å². The first-order valence-electron chi connectivity index (χ1n) is 11.2. The number of rotatable bonds is 7. The average Bonchev–Trinajstić information content (AvgIpc) is 2.80. The van der Waals surface area contributed by atoms with Crippen LogP contribution in [0.15, 0.2) is 73.3 Å². The quantitative estimate of drug-likeness (QED) is 0.342. The molecule has 0 bridgehead atoms. The Morgan fingerprint density at radius 1 is 1.12 bits per heavy atom. The molecule has 4 rings (SSSR count). The van der Waals surface area contributed by atoms with Crippen LogP contribution in [-0.2, 0) is 14.3 Å². The fourth-order valence-electron chi connectivity index (χ4n) is 4.63. The first-order chi connectivity index (χ1) is 15.6. The van der Waals surface area contributed by atoms with Crippen molar-refractivity contribution in [2.24, 2.45) is 0 Å². The van der Waals surface area contributed by atoms with Crippen molar-refractivity contribution >= 4 is 12.2 Å². The van der Waals surface area contributed by atoms with E-state index in [0.717, 1.165) is 25.7 Å². The Morgan fingerprint density at radius 2 is 1.81 bits per heavy atom. The molecule has 168 valence electrons. The van der Waals surface area contributed by atoms with E-state index in [2.05, 4.69) is 18.7 Å². The van der Waals surface area contributed by atoms with Gasteiger partial charge in [0.2, 0.25) is 0 Å². The third kappa shape index (κ3) is 5.19. The van der Waals surface area contributed by atoms with Crippen molar-refractivity contribution in [1.82, 2.24) is 0 Å². The molecule has 1 fully saturated rings. The predicted molar refractivity (Wildman–Crippen MR) is 121 cm³/mol. The predicted octanol–water partition coefficient (Wildman–Crippen LogP) is 5.14. The van der Waals surface area contributed by atoms with Crippen LogP contribution in [0.4, 0.5) is 0 Å². The highest BCUT2D eigenvalue weighted by molar-refractivity contribution is 5.90. The summed E-state index contributed by atoms with van der Waals surface area (Å²) in [5.41, 5.74) is 1.65. The third-order valence-corrected chi connectivity index (χ3v) is 6.08. The van der Waals surface area contributed by atoms with Crippen LogP contribution in [0.2, 0.25) is 0 Å². The van der Waals surface area contributed by atoms with Crippen LogP contribution in [-0.4, -0.2) is 35.1 Å². The SMILES string of the molecule is C=CC[C@@]1(O[C@H]2CCCC[C@@H]2c2ccccc2)C[C@@H](OC(=O)c2ccccc2)C=[N+]([O-])O1. The van der Waals surface area contributed by atoms with E-state index >= 15 is 0 Å². The maximum atomic E-state index is 12.6. The number of nitrogens with zero attached hydrogens (tertiary/aromatic N) is 1. The number of ether oxygens (including phenoxy) is 2. The maximum Gasteiger partial charge on any atom is 0.338 e. The second-order valence-electron chi connectivity index (χ2n) is 8.40. The number of hydrogen-bond acceptors (Lipinski definition) is 5. The van der Waals surface area contributed by atoms with E-state index in [-0.39, 0.29) is 18.4 Å². The zero-order valence-electron chi connectivity index (χ0n) is 18.1. The summed E-state index contributed by atoms with van der Waals surface area (Å²) >= 11 is 0. The average molecular weight is 436 g/mol. The highest BCUT2D eigenvalue weighted by atomic mass is 16.9. The maximum absolute atomic E-state index is 12.6. The fraction of sp³-hybridized carbons (Fsp3) is 0.385. The van der Waals surface area contributed by atoms with Crippen molar-refractivity contribution in [1.29, 1.82) is 0 Å². The van der Waals surface area contributed by atoms with Gasteiger partial charge in [0.15, 0.2) is 11.9 Å². The van der Waals surface area contributed by atoms with Gasteiger partial charge in [0.25, 0.3) is 6.21 Å². The highest BCUT2D eigenvalue weighted by Gasteiger charge is 2.44. The molecule has 0 N–H and O–H groups in total. The third-order valence-electron chi connectivity index (χ3n) is 6.08. The second kappa shape index (κ2) is 10.0. The molecular weight excluding hydrogens is 406 g/mol. The second-order valence-corrected chi connectivity index (χ2v) is 8.40. The van der Waals surface area contributed by atoms with Crippen LogP contribution in [0.5, 0.6) is 0 Å². The summed E-state index contributed by atoms with van der Waals surface area (Å²) < 4.78 is 12.2. The molecule has 1 saturated carbocycles. The van der Waals surface area contributed by atoms with Gasteiger partial charge in [0.05, 0.1) is 11.7 Å². The van der Waals surface area contributed by atoms with Gasteiger partial charge in [-0.3, -0.25) is 5.21 Å². The Kier molecular flexibility index (Phi) is 6.90. The van der Waals surface area contributed by atoms with Gasteiger partial charge in [-0.25, -0.2) is 4.79 Å². The monoisotopic (exact) mass is 435 g/mol. The van der Waals surface area contributed by atoms with Gasteiger partial charge < -0.3 is 14.3 Å². The van der Waals surface area contributed by atoms with Gasteiger partial charge in [-0.05, 0) is 30.5 Å². The molecule has 2 aromatic rings. The van der Waals surface area contributed by atoms with Crippen molar-refractivity contribution < 1.29 is 24.0 Å². The summed E-state index contributed by atoms with van der Waals surface area (Å²) in [4.78, 5) is 18.6. The topological polar surface area (TPSA) is 70.8 Å². The molecule has 1 aliphatic heterocycles. The molecular formula is C26H29NO5. The van der Waals surface area contributed by atoms with Gasteiger partial charge in [0.1, 0.15) is 0 Å². The lowest BCUT2D eigenvalue weighted by atomic mass is 9.81. The van der Waals surface area contributed by atoms with Crippen molar-refractivity contribution in [3.8, 4) is 0 Å². The Labute approximate surface area is 188 Å². The molecule has 0 spiro atoms. The standard InChI is InChI=1S/C26H29NO5/c1-2-17-26(31-24-16-10-9-15-23(24)20-11-5-3-6-12-20)18-22(19-27(29)32-26)30-25(28)21-13-7-4-8-14-21/h2-8,11-14,19,22-24H,1,9-10,15-18H2/t22-,23-,24+,26+/m1/s1. The van der Waals surface area contributed by atoms with Crippen LogP contribution in [0.3, 0.4) is 0 Å². The Hall–Kier alpha value is -3.12. The van der Waals surface area contributed by atoms with E-state index in [9.17, 15) is 10.0 Å². The molecule has 0 aromatic heterocycles. The van der Waals surface area contributed by atoms with Crippen LogP contribution >= 0.6 is 0 Å². The van der Waals surface area contributed by atoms with E-state index in [4.69, 9.17) is 14.3 Å². The summed E-state index contributed by atoms with van der Waals surface area (Å²) in [5, 5.41) is 12.4. The normalized spacial score (nSPS) is 27.6. The smallest absolute Gasteiger partial charge is 0.338 e. The number of carbonyl (C=O) groups excluding carboxylic acids is 1. The zero-order chi connectivity index (χ0) is 22.4. The van der Waals surface area contributed by atoms with Gasteiger partial charge in [-0.2, -0.15) is 0 Å². The van der Waals surface area contributed by atoms with Crippen molar-refractivity contribution in [2.45, 2.75) is 62.4 Å². The molecule has 2 aromatic carbocycles. The van der Waals surface area contributed by atoms with Crippen molar-refractivity contribution in [3.63, 3.8) is 0 Å². The molecule has 32 heavy (non-hydrogen) atoms. The Morgan fingerprint density at radius 3 is 2.53 bits per heavy atom. The molecule has 6 nitrogen and oxygen atoms in total. The van der Waals surface area contributed by atoms with Crippen LogP contribution < -0.4 is 0 Å². The van der Waals surface area contributed by atoms with Crippen LogP contribution in [0.1, 0.15) is 60.4 Å². The van der Waals surface area contributed by atoms with E-state index < -0.39 is 17.9 Å². The Balaban J connectivity index is 1.53. The van der Waals surface area contributed by atoms with Crippen LogP contribution in [0, 0.1) is 5.21 Å². The fourth-order valence-corrected chi connectivity index (χ4v) is 4.63. The summed E-state index contributed by atoms with van der Waals surface area (Å²) in [7, 11) is 0. The number of hydrogen-bond donors (Lipinski definition) is 0. The number of carbonyl (C=O) groups is 1. The van der Waals surface area contributed by atoms with E-state index in [1.807, 2.05) is 24.3 Å². The molecule has 6 heteroatoms. The minimum atomic E-state index is -1.24. The molecule has 4 atom stereocenters. The molecule has 0 unspecified atom stereocenters. The zero-order valence-corrected chi connectivity index (χ0v) is 18.1. The largest absolute Gasteiger partial charge is 0.448 e. The lowest BCUT2D eigenvalue weighted by Gasteiger charge is -2.44. The number of esters is 1. The minimum absolute atomic E-state index is 0.108. The minimum Gasteiger partial charge on any atom is -0.448 e. The molecule has 1 aliphatic carbocycles. The molecule has 0 amide bonds. The van der Waals surface area contributed by atoms with Crippen molar-refractivity contribution in [2.75, 3.05) is 0 Å². The number of benzene rings is 2. The van der Waals surface area contributed by atoms with E-state index in [1.54, 1.807) is 30.3 Å². The van der Waals surface area contributed by atoms with Crippen molar-refractivity contribution in [3.05, 3.63) is 89.7 Å². The van der Waals surface area contributed by atoms with E-state index in [1.165, 1.54) is 11.8 Å². The van der Waals surface area contributed by atoms with Gasteiger partial charge >= 0.3 is 5.97 Å². The molecule has 0 saturated heterocycles. The van der Waals surface area contributed by atoms with Gasteiger partial charge in [-0.1, -0.05) is 67.4 Å². The summed E-state index contributed by atoms with van der Waals surface area (Å²) in [6.45, 7) is 3.83. The summed E-state index contributed by atoms with van der Waals surface area (Å²) in [6.07, 6.45) is 6.61. The molecule has 1 heterocycles. The van der Waals surface area contributed by atoms with Crippen LogP contribution in [0.25, 0.3) is 0 Å². The van der Waals surface area contributed by atoms with E-state index in [0.29, 0.717) is 16.9 Å².